The van der Waals surface area contributed by atoms with E-state index in [0.717, 1.165) is 12.0 Å². The van der Waals surface area contributed by atoms with E-state index < -0.39 is 6.10 Å². The molecular formula is C11H18ClNO. The van der Waals surface area contributed by atoms with Gasteiger partial charge in [-0.1, -0.05) is 37.3 Å². The standard InChI is InChI=1S/C11H17NO.ClH/c1-3-10(12-2)11(13)9-7-5-4-6-8-9;/h4-8,10-13H,3H2,1-2H3;1H/t10-,11-;/m1./s1. The first-order valence-corrected chi connectivity index (χ1v) is 4.69. The lowest BCUT2D eigenvalue weighted by Crippen LogP contribution is -2.31. The number of nitrogens with one attached hydrogen (secondary N) is 1. The molecule has 0 saturated heterocycles. The van der Waals surface area contributed by atoms with Gasteiger partial charge in [0.25, 0.3) is 0 Å². The van der Waals surface area contributed by atoms with Gasteiger partial charge in [-0.15, -0.1) is 12.4 Å². The predicted molar refractivity (Wildman–Crippen MR) is 61.8 cm³/mol. The van der Waals surface area contributed by atoms with Crippen LogP contribution in [0.25, 0.3) is 0 Å². The van der Waals surface area contributed by atoms with Crippen molar-refractivity contribution in [2.75, 3.05) is 7.05 Å². The third kappa shape index (κ3) is 3.29. The zero-order valence-corrected chi connectivity index (χ0v) is 9.42. The Hall–Kier alpha value is -0.570. The summed E-state index contributed by atoms with van der Waals surface area (Å²) in [5.74, 6) is 0. The van der Waals surface area contributed by atoms with Crippen LogP contribution in [0.5, 0.6) is 0 Å². The molecule has 0 fully saturated rings. The first kappa shape index (κ1) is 13.4. The van der Waals surface area contributed by atoms with Gasteiger partial charge in [-0.2, -0.15) is 0 Å². The second kappa shape index (κ2) is 6.82. The van der Waals surface area contributed by atoms with Gasteiger partial charge in [-0.25, -0.2) is 0 Å². The summed E-state index contributed by atoms with van der Waals surface area (Å²) >= 11 is 0. The maximum atomic E-state index is 9.92. The molecule has 0 bridgehead atoms. The van der Waals surface area contributed by atoms with Crippen molar-refractivity contribution in [3.05, 3.63) is 35.9 Å². The molecule has 2 N–H and O–H groups in total. The highest BCUT2D eigenvalue weighted by Gasteiger charge is 2.16. The fourth-order valence-corrected chi connectivity index (χ4v) is 1.47. The van der Waals surface area contributed by atoms with Crippen molar-refractivity contribution in [3.63, 3.8) is 0 Å². The van der Waals surface area contributed by atoms with Gasteiger partial charge in [0.2, 0.25) is 0 Å². The highest BCUT2D eigenvalue weighted by atomic mass is 35.5. The van der Waals surface area contributed by atoms with Crippen LogP contribution in [0.2, 0.25) is 0 Å². The van der Waals surface area contributed by atoms with Crippen LogP contribution in [0, 0.1) is 0 Å². The quantitative estimate of drug-likeness (QED) is 0.807. The van der Waals surface area contributed by atoms with E-state index >= 15 is 0 Å². The number of hydrogen-bond donors (Lipinski definition) is 2. The average molecular weight is 216 g/mol. The van der Waals surface area contributed by atoms with Gasteiger partial charge >= 0.3 is 0 Å². The zero-order valence-electron chi connectivity index (χ0n) is 8.60. The fourth-order valence-electron chi connectivity index (χ4n) is 1.47. The largest absolute Gasteiger partial charge is 0.387 e. The number of likely N-dealkylation sites (N-methyl/N-ethyl adjacent to an activating group) is 1. The summed E-state index contributed by atoms with van der Waals surface area (Å²) in [4.78, 5) is 0. The SMILES string of the molecule is CC[C@@H](NC)[C@H](O)c1ccccc1.Cl. The lowest BCUT2D eigenvalue weighted by molar-refractivity contribution is 0.130. The maximum Gasteiger partial charge on any atom is 0.0942 e. The molecule has 0 heterocycles. The number of aliphatic hydroxyl groups excluding tert-OH is 1. The second-order valence-corrected chi connectivity index (χ2v) is 3.16. The van der Waals surface area contributed by atoms with E-state index in [9.17, 15) is 5.11 Å². The van der Waals surface area contributed by atoms with Crippen LogP contribution in [0.4, 0.5) is 0 Å². The number of halogens is 1. The summed E-state index contributed by atoms with van der Waals surface area (Å²) in [6, 6.07) is 9.88. The summed E-state index contributed by atoms with van der Waals surface area (Å²) < 4.78 is 0. The Morgan fingerprint density at radius 3 is 2.29 bits per heavy atom. The normalized spacial score (nSPS) is 14.2. The van der Waals surface area contributed by atoms with E-state index in [0.29, 0.717) is 0 Å². The Balaban J connectivity index is 0.00000169. The molecule has 3 heteroatoms. The van der Waals surface area contributed by atoms with Crippen LogP contribution in [-0.2, 0) is 0 Å². The van der Waals surface area contributed by atoms with E-state index in [4.69, 9.17) is 0 Å². The van der Waals surface area contributed by atoms with Crippen LogP contribution in [0.3, 0.4) is 0 Å². The molecule has 0 aliphatic heterocycles. The number of hydrogen-bond acceptors (Lipinski definition) is 2. The molecule has 0 spiro atoms. The average Bonchev–Trinajstić information content (AvgIpc) is 2.21. The molecule has 14 heavy (non-hydrogen) atoms. The zero-order chi connectivity index (χ0) is 9.68. The molecule has 0 aromatic heterocycles. The Bertz CT molecular complexity index is 236. The highest BCUT2D eigenvalue weighted by molar-refractivity contribution is 5.85. The summed E-state index contributed by atoms with van der Waals surface area (Å²) in [5.41, 5.74) is 0.976. The van der Waals surface area contributed by atoms with Crippen LogP contribution < -0.4 is 5.32 Å². The second-order valence-electron chi connectivity index (χ2n) is 3.16. The van der Waals surface area contributed by atoms with Crippen LogP contribution in [0.1, 0.15) is 25.0 Å². The molecule has 1 aromatic carbocycles. The Morgan fingerprint density at radius 2 is 1.86 bits per heavy atom. The molecule has 80 valence electrons. The van der Waals surface area contributed by atoms with Crippen molar-refractivity contribution in [2.24, 2.45) is 0 Å². The summed E-state index contributed by atoms with van der Waals surface area (Å²) in [5, 5.41) is 13.0. The molecule has 1 aromatic rings. The first-order chi connectivity index (χ1) is 6.29. The molecule has 0 amide bonds. The van der Waals surface area contributed by atoms with Gasteiger partial charge in [-0.05, 0) is 19.0 Å². The Labute approximate surface area is 91.8 Å². The van der Waals surface area contributed by atoms with Crippen molar-refractivity contribution >= 4 is 12.4 Å². The van der Waals surface area contributed by atoms with Crippen molar-refractivity contribution in [3.8, 4) is 0 Å². The monoisotopic (exact) mass is 215 g/mol. The van der Waals surface area contributed by atoms with E-state index in [1.807, 2.05) is 37.4 Å². The van der Waals surface area contributed by atoms with E-state index in [1.165, 1.54) is 0 Å². The molecule has 2 atom stereocenters. The molecule has 0 unspecified atom stereocenters. The number of rotatable bonds is 4. The van der Waals surface area contributed by atoms with Crippen LogP contribution in [0.15, 0.2) is 30.3 Å². The molecule has 0 aliphatic rings. The van der Waals surface area contributed by atoms with Crippen molar-refractivity contribution in [1.29, 1.82) is 0 Å². The molecule has 0 aliphatic carbocycles. The van der Waals surface area contributed by atoms with Crippen LogP contribution >= 0.6 is 12.4 Å². The third-order valence-corrected chi connectivity index (χ3v) is 2.33. The van der Waals surface area contributed by atoms with E-state index in [-0.39, 0.29) is 18.4 Å². The summed E-state index contributed by atoms with van der Waals surface area (Å²) in [6.07, 6.45) is 0.517. The van der Waals surface area contributed by atoms with Gasteiger partial charge in [0, 0.05) is 6.04 Å². The Morgan fingerprint density at radius 1 is 1.29 bits per heavy atom. The summed E-state index contributed by atoms with van der Waals surface area (Å²) in [7, 11) is 1.88. The fraction of sp³-hybridized carbons (Fsp3) is 0.455. The first-order valence-electron chi connectivity index (χ1n) is 4.69. The van der Waals surface area contributed by atoms with E-state index in [2.05, 4.69) is 12.2 Å². The van der Waals surface area contributed by atoms with Gasteiger partial charge in [0.1, 0.15) is 0 Å². The highest BCUT2D eigenvalue weighted by Crippen LogP contribution is 2.17. The predicted octanol–water partition coefficient (Wildman–Crippen LogP) is 2.14. The van der Waals surface area contributed by atoms with Gasteiger partial charge in [-0.3, -0.25) is 0 Å². The molecule has 2 nitrogen and oxygen atoms in total. The van der Waals surface area contributed by atoms with Crippen LogP contribution in [-0.4, -0.2) is 18.2 Å². The molecule has 0 saturated carbocycles. The van der Waals surface area contributed by atoms with Gasteiger partial charge in [0.15, 0.2) is 0 Å². The topological polar surface area (TPSA) is 32.3 Å². The third-order valence-electron chi connectivity index (χ3n) is 2.33. The maximum absolute atomic E-state index is 9.92. The molecule has 0 radical (unpaired) electrons. The Kier molecular flexibility index (Phi) is 6.54. The molecule has 1 rings (SSSR count). The smallest absolute Gasteiger partial charge is 0.0942 e. The van der Waals surface area contributed by atoms with Crippen molar-refractivity contribution in [2.45, 2.75) is 25.5 Å². The lowest BCUT2D eigenvalue weighted by atomic mass is 10.0. The van der Waals surface area contributed by atoms with Gasteiger partial charge < -0.3 is 10.4 Å². The van der Waals surface area contributed by atoms with Crippen molar-refractivity contribution in [1.82, 2.24) is 5.32 Å². The minimum atomic E-state index is -0.406. The van der Waals surface area contributed by atoms with E-state index in [1.54, 1.807) is 0 Å². The lowest BCUT2D eigenvalue weighted by Gasteiger charge is -2.21. The minimum Gasteiger partial charge on any atom is -0.387 e. The number of benzene rings is 1. The minimum absolute atomic E-state index is 0. The van der Waals surface area contributed by atoms with Crippen molar-refractivity contribution < 1.29 is 5.11 Å². The molecular weight excluding hydrogens is 198 g/mol. The number of aliphatic hydroxyl groups is 1. The summed E-state index contributed by atoms with van der Waals surface area (Å²) in [6.45, 7) is 2.06. The van der Waals surface area contributed by atoms with Gasteiger partial charge in [0.05, 0.1) is 6.10 Å².